The van der Waals surface area contributed by atoms with E-state index in [4.69, 9.17) is 0 Å². The number of thioether (sulfide) groups is 1. The van der Waals surface area contributed by atoms with Crippen LogP contribution in [0.2, 0.25) is 0 Å². The Morgan fingerprint density at radius 1 is 1.23 bits per heavy atom. The lowest BCUT2D eigenvalue weighted by molar-refractivity contribution is -0.121. The molecule has 0 bridgehead atoms. The maximum Gasteiger partial charge on any atom is 0.247 e. The lowest BCUT2D eigenvalue weighted by Crippen LogP contribution is -2.31. The number of carbonyl (C=O) groups excluding carboxylic acids is 2. The number of anilines is 1. The summed E-state index contributed by atoms with van der Waals surface area (Å²) >= 11 is 1.25. The highest BCUT2D eigenvalue weighted by Crippen LogP contribution is 2.32. The Kier molecular flexibility index (Phi) is 3.94. The Morgan fingerprint density at radius 2 is 2.05 bits per heavy atom. The van der Waals surface area contributed by atoms with Crippen molar-refractivity contribution in [3.05, 3.63) is 47.8 Å². The van der Waals surface area contributed by atoms with Crippen LogP contribution in [0.3, 0.4) is 0 Å². The number of hydrogen-bond donors (Lipinski definition) is 0. The average Bonchev–Trinajstić information content (AvgIpc) is 2.73. The molecule has 112 valence electrons. The molecule has 1 aliphatic rings. The molecule has 0 saturated carbocycles. The summed E-state index contributed by atoms with van der Waals surface area (Å²) in [5.74, 6) is -0.383. The molecule has 0 aliphatic carbocycles. The zero-order valence-corrected chi connectivity index (χ0v) is 13.1. The zero-order chi connectivity index (χ0) is 15.7. The summed E-state index contributed by atoms with van der Waals surface area (Å²) in [6.45, 7) is 3.80. The molecule has 22 heavy (non-hydrogen) atoms. The van der Waals surface area contributed by atoms with Gasteiger partial charge in [0.1, 0.15) is 5.25 Å². The first-order valence-corrected chi connectivity index (χ1v) is 7.82. The van der Waals surface area contributed by atoms with Crippen LogP contribution >= 0.6 is 11.8 Å². The van der Waals surface area contributed by atoms with E-state index in [1.54, 1.807) is 18.3 Å². The van der Waals surface area contributed by atoms with Gasteiger partial charge in [-0.3, -0.25) is 9.59 Å². The third-order valence-corrected chi connectivity index (χ3v) is 4.45. The predicted molar refractivity (Wildman–Crippen MR) is 84.7 cm³/mol. The van der Waals surface area contributed by atoms with Crippen molar-refractivity contribution in [2.75, 3.05) is 4.90 Å². The van der Waals surface area contributed by atoms with E-state index in [2.05, 4.69) is 9.97 Å². The maximum atomic E-state index is 12.5. The van der Waals surface area contributed by atoms with Crippen LogP contribution in [-0.4, -0.2) is 27.0 Å². The number of carbonyl (C=O) groups is 2. The molecule has 3 rings (SSSR count). The first-order chi connectivity index (χ1) is 10.5. The van der Waals surface area contributed by atoms with Crippen LogP contribution in [0.1, 0.15) is 17.7 Å². The highest BCUT2D eigenvalue weighted by Gasteiger charge is 2.40. The Bertz CT molecular complexity index is 748. The van der Waals surface area contributed by atoms with Crippen molar-refractivity contribution >= 4 is 29.3 Å². The van der Waals surface area contributed by atoms with Gasteiger partial charge in [0.05, 0.1) is 5.69 Å². The van der Waals surface area contributed by atoms with Gasteiger partial charge in [0.15, 0.2) is 5.16 Å². The van der Waals surface area contributed by atoms with Crippen molar-refractivity contribution in [1.29, 1.82) is 0 Å². The summed E-state index contributed by atoms with van der Waals surface area (Å²) in [6.07, 6.45) is 1.83. The summed E-state index contributed by atoms with van der Waals surface area (Å²) in [6, 6.07) is 9.19. The monoisotopic (exact) mass is 313 g/mol. The van der Waals surface area contributed by atoms with E-state index >= 15 is 0 Å². The van der Waals surface area contributed by atoms with E-state index in [0.717, 1.165) is 11.3 Å². The minimum atomic E-state index is -0.463. The summed E-state index contributed by atoms with van der Waals surface area (Å²) in [7, 11) is 0. The molecule has 1 aliphatic heterocycles. The Labute approximate surface area is 132 Å². The van der Waals surface area contributed by atoms with Gasteiger partial charge >= 0.3 is 0 Å². The van der Waals surface area contributed by atoms with Crippen LogP contribution in [0.4, 0.5) is 5.69 Å². The minimum Gasteiger partial charge on any atom is -0.274 e. The zero-order valence-electron chi connectivity index (χ0n) is 12.3. The van der Waals surface area contributed by atoms with Crippen molar-refractivity contribution in [2.45, 2.75) is 30.7 Å². The SMILES string of the molecule is Cc1cccc(N2C(=O)C[C@H](Sc3nccc(C)n3)C2=O)c1. The van der Waals surface area contributed by atoms with E-state index in [9.17, 15) is 9.59 Å². The number of aromatic nitrogens is 2. The first-order valence-electron chi connectivity index (χ1n) is 6.94. The highest BCUT2D eigenvalue weighted by atomic mass is 32.2. The smallest absolute Gasteiger partial charge is 0.247 e. The number of hydrogen-bond acceptors (Lipinski definition) is 5. The summed E-state index contributed by atoms with van der Waals surface area (Å²) < 4.78 is 0. The lowest BCUT2D eigenvalue weighted by atomic mass is 10.2. The van der Waals surface area contributed by atoms with Crippen LogP contribution < -0.4 is 4.90 Å². The fraction of sp³-hybridized carbons (Fsp3) is 0.250. The molecular weight excluding hydrogens is 298 g/mol. The summed E-state index contributed by atoms with van der Waals surface area (Å²) in [5.41, 5.74) is 2.48. The molecule has 6 heteroatoms. The quantitative estimate of drug-likeness (QED) is 0.643. The van der Waals surface area contributed by atoms with Gasteiger partial charge in [-0.25, -0.2) is 14.9 Å². The molecule has 2 heterocycles. The van der Waals surface area contributed by atoms with E-state index < -0.39 is 5.25 Å². The molecule has 1 saturated heterocycles. The molecule has 0 N–H and O–H groups in total. The number of aryl methyl sites for hydroxylation is 2. The molecule has 1 aromatic heterocycles. The number of imide groups is 1. The Hall–Kier alpha value is -2.21. The molecule has 2 aromatic rings. The second kappa shape index (κ2) is 5.88. The van der Waals surface area contributed by atoms with Gasteiger partial charge in [0.2, 0.25) is 11.8 Å². The standard InChI is InChI=1S/C16H15N3O2S/c1-10-4-3-5-12(8-10)19-14(20)9-13(15(19)21)22-16-17-7-6-11(2)18-16/h3-8,13H,9H2,1-2H3/t13-/m0/s1. The molecule has 0 spiro atoms. The average molecular weight is 313 g/mol. The van der Waals surface area contributed by atoms with Crippen LogP contribution in [0.15, 0.2) is 41.7 Å². The molecule has 1 fully saturated rings. The number of amides is 2. The van der Waals surface area contributed by atoms with Crippen LogP contribution in [0.5, 0.6) is 0 Å². The third-order valence-electron chi connectivity index (χ3n) is 3.39. The van der Waals surface area contributed by atoms with Gasteiger partial charge in [-0.1, -0.05) is 23.9 Å². The minimum absolute atomic E-state index is 0.175. The van der Waals surface area contributed by atoms with Crippen molar-refractivity contribution in [3.8, 4) is 0 Å². The Morgan fingerprint density at radius 3 is 2.77 bits per heavy atom. The number of benzene rings is 1. The molecular formula is C16H15N3O2S. The van der Waals surface area contributed by atoms with Gasteiger partial charge in [0.25, 0.3) is 0 Å². The second-order valence-electron chi connectivity index (χ2n) is 5.20. The molecule has 5 nitrogen and oxygen atoms in total. The summed E-state index contributed by atoms with van der Waals surface area (Å²) in [4.78, 5) is 34.4. The van der Waals surface area contributed by atoms with Crippen LogP contribution in [0.25, 0.3) is 0 Å². The van der Waals surface area contributed by atoms with Gasteiger partial charge in [0, 0.05) is 18.3 Å². The predicted octanol–water partition coefficient (Wildman–Crippen LogP) is 2.52. The largest absolute Gasteiger partial charge is 0.274 e. The van der Waals surface area contributed by atoms with E-state index in [-0.39, 0.29) is 18.2 Å². The van der Waals surface area contributed by atoms with Crippen molar-refractivity contribution in [2.24, 2.45) is 0 Å². The normalized spacial score (nSPS) is 18.1. The molecule has 0 unspecified atom stereocenters. The van der Waals surface area contributed by atoms with Gasteiger partial charge < -0.3 is 0 Å². The second-order valence-corrected chi connectivity index (χ2v) is 6.37. The highest BCUT2D eigenvalue weighted by molar-refractivity contribution is 8.00. The van der Waals surface area contributed by atoms with Crippen molar-refractivity contribution in [3.63, 3.8) is 0 Å². The van der Waals surface area contributed by atoms with Crippen molar-refractivity contribution < 1.29 is 9.59 Å². The van der Waals surface area contributed by atoms with Gasteiger partial charge in [-0.2, -0.15) is 0 Å². The fourth-order valence-electron chi connectivity index (χ4n) is 2.34. The molecule has 0 radical (unpaired) electrons. The molecule has 2 amide bonds. The van der Waals surface area contributed by atoms with E-state index in [1.165, 1.54) is 16.7 Å². The third kappa shape index (κ3) is 2.87. The molecule has 1 aromatic carbocycles. The van der Waals surface area contributed by atoms with Gasteiger partial charge in [-0.15, -0.1) is 0 Å². The Balaban J connectivity index is 1.82. The van der Waals surface area contributed by atoms with Crippen LogP contribution in [0, 0.1) is 13.8 Å². The first kappa shape index (κ1) is 14.7. The van der Waals surface area contributed by atoms with E-state index in [1.807, 2.05) is 32.0 Å². The summed E-state index contributed by atoms with van der Waals surface area (Å²) in [5, 5.41) is 0.0621. The molecule has 1 atom stereocenters. The van der Waals surface area contributed by atoms with Crippen LogP contribution in [-0.2, 0) is 9.59 Å². The number of rotatable bonds is 3. The lowest BCUT2D eigenvalue weighted by Gasteiger charge is -2.15. The topological polar surface area (TPSA) is 63.2 Å². The number of nitrogens with zero attached hydrogens (tertiary/aromatic N) is 3. The van der Waals surface area contributed by atoms with E-state index in [0.29, 0.717) is 10.8 Å². The van der Waals surface area contributed by atoms with Crippen molar-refractivity contribution in [1.82, 2.24) is 9.97 Å². The van der Waals surface area contributed by atoms with Gasteiger partial charge in [-0.05, 0) is 37.6 Å². The maximum absolute atomic E-state index is 12.5. The fourth-order valence-corrected chi connectivity index (χ4v) is 3.35.